The van der Waals surface area contributed by atoms with Crippen molar-refractivity contribution in [3.63, 3.8) is 0 Å². The minimum atomic E-state index is -0.412. The minimum absolute atomic E-state index is 0.00884. The zero-order valence-electron chi connectivity index (χ0n) is 18.0. The summed E-state index contributed by atoms with van der Waals surface area (Å²) in [6.07, 6.45) is 7.95. The van der Waals surface area contributed by atoms with Crippen molar-refractivity contribution in [2.75, 3.05) is 38.2 Å². The molecule has 2 atom stereocenters. The molecule has 0 aromatic heterocycles. The van der Waals surface area contributed by atoms with E-state index in [0.29, 0.717) is 32.9 Å². The summed E-state index contributed by atoms with van der Waals surface area (Å²) in [5, 5.41) is 0.260. The average molecular weight is 466 g/mol. The number of hydrogen-bond acceptors (Lipinski definition) is 5. The Kier molecular flexibility index (Phi) is 15.3. The standard InChI is InChI=1S/C21H40BrNO5/c1-4-7-9-12-25-20(26-13-10-8-5-2)15-23(19(24)14-22)16-21-27-17-18(28-21)11-6-3/h18,20-21H,4-17H2,1-3H3. The van der Waals surface area contributed by atoms with E-state index in [1.54, 1.807) is 4.90 Å². The number of amides is 1. The van der Waals surface area contributed by atoms with Crippen molar-refractivity contribution in [3.8, 4) is 0 Å². The van der Waals surface area contributed by atoms with Crippen LogP contribution in [0.3, 0.4) is 0 Å². The van der Waals surface area contributed by atoms with Gasteiger partial charge in [-0.25, -0.2) is 0 Å². The van der Waals surface area contributed by atoms with Crippen molar-refractivity contribution < 1.29 is 23.7 Å². The average Bonchev–Trinajstić information content (AvgIpc) is 3.14. The van der Waals surface area contributed by atoms with Gasteiger partial charge in [-0.3, -0.25) is 4.79 Å². The number of carbonyl (C=O) groups is 1. The van der Waals surface area contributed by atoms with Crippen LogP contribution >= 0.6 is 15.9 Å². The molecule has 1 fully saturated rings. The van der Waals surface area contributed by atoms with Crippen LogP contribution in [0.2, 0.25) is 0 Å². The summed E-state index contributed by atoms with van der Waals surface area (Å²) >= 11 is 3.28. The molecule has 7 heteroatoms. The molecular weight excluding hydrogens is 426 g/mol. The molecule has 2 unspecified atom stereocenters. The molecule has 28 heavy (non-hydrogen) atoms. The predicted octanol–water partition coefficient (Wildman–Crippen LogP) is 4.49. The summed E-state index contributed by atoms with van der Waals surface area (Å²) in [6.45, 7) is 9.16. The maximum absolute atomic E-state index is 12.5. The molecule has 0 aromatic carbocycles. The largest absolute Gasteiger partial charge is 0.351 e. The van der Waals surface area contributed by atoms with E-state index in [1.807, 2.05) is 0 Å². The van der Waals surface area contributed by atoms with Gasteiger partial charge in [0, 0.05) is 13.2 Å². The zero-order chi connectivity index (χ0) is 20.6. The van der Waals surface area contributed by atoms with Gasteiger partial charge in [-0.1, -0.05) is 68.8 Å². The highest BCUT2D eigenvalue weighted by molar-refractivity contribution is 9.09. The Morgan fingerprint density at radius 3 is 2.25 bits per heavy atom. The fourth-order valence-corrected chi connectivity index (χ4v) is 3.44. The molecule has 0 spiro atoms. The maximum atomic E-state index is 12.5. The highest BCUT2D eigenvalue weighted by atomic mass is 79.9. The number of ether oxygens (including phenoxy) is 4. The van der Waals surface area contributed by atoms with Crippen molar-refractivity contribution in [3.05, 3.63) is 0 Å². The molecule has 0 bridgehead atoms. The van der Waals surface area contributed by atoms with Crippen LogP contribution in [0.15, 0.2) is 0 Å². The van der Waals surface area contributed by atoms with Crippen LogP contribution in [0.25, 0.3) is 0 Å². The van der Waals surface area contributed by atoms with Crippen molar-refractivity contribution in [2.24, 2.45) is 0 Å². The van der Waals surface area contributed by atoms with E-state index < -0.39 is 6.29 Å². The van der Waals surface area contributed by atoms with Crippen LogP contribution in [0.4, 0.5) is 0 Å². The molecule has 6 nitrogen and oxygen atoms in total. The molecule has 1 aliphatic rings. The second-order valence-corrected chi connectivity index (χ2v) is 7.89. The third-order valence-corrected chi connectivity index (χ3v) is 5.21. The van der Waals surface area contributed by atoms with E-state index in [9.17, 15) is 4.79 Å². The highest BCUT2D eigenvalue weighted by Crippen LogP contribution is 2.17. The number of nitrogens with zero attached hydrogens (tertiary/aromatic N) is 1. The second kappa shape index (κ2) is 16.6. The first kappa shape index (κ1) is 25.8. The zero-order valence-corrected chi connectivity index (χ0v) is 19.6. The van der Waals surface area contributed by atoms with Gasteiger partial charge in [-0.2, -0.15) is 0 Å². The van der Waals surface area contributed by atoms with Gasteiger partial charge in [-0.15, -0.1) is 0 Å². The Bertz CT molecular complexity index is 387. The molecule has 1 aliphatic heterocycles. The van der Waals surface area contributed by atoms with Gasteiger partial charge >= 0.3 is 0 Å². The molecule has 0 N–H and O–H groups in total. The number of alkyl halides is 1. The third-order valence-electron chi connectivity index (χ3n) is 4.73. The molecule has 1 rings (SSSR count). The summed E-state index contributed by atoms with van der Waals surface area (Å²) in [6, 6.07) is 0. The van der Waals surface area contributed by atoms with E-state index in [1.165, 1.54) is 0 Å². The lowest BCUT2D eigenvalue weighted by molar-refractivity contribution is -0.169. The Morgan fingerprint density at radius 2 is 1.71 bits per heavy atom. The summed E-state index contributed by atoms with van der Waals surface area (Å²) in [7, 11) is 0. The van der Waals surface area contributed by atoms with E-state index in [2.05, 4.69) is 36.7 Å². The van der Waals surface area contributed by atoms with Crippen molar-refractivity contribution in [1.82, 2.24) is 4.90 Å². The summed E-state index contributed by atoms with van der Waals surface area (Å²) in [5.41, 5.74) is 0. The van der Waals surface area contributed by atoms with E-state index in [0.717, 1.165) is 51.4 Å². The van der Waals surface area contributed by atoms with Crippen LogP contribution in [-0.4, -0.2) is 67.7 Å². The second-order valence-electron chi connectivity index (χ2n) is 7.33. The Hall–Kier alpha value is -0.210. The van der Waals surface area contributed by atoms with Crippen molar-refractivity contribution >= 4 is 21.8 Å². The number of halogens is 1. The quantitative estimate of drug-likeness (QED) is 0.180. The molecule has 0 aliphatic carbocycles. The molecule has 0 saturated carbocycles. The van der Waals surface area contributed by atoms with Gasteiger partial charge in [0.15, 0.2) is 12.6 Å². The number of carbonyl (C=O) groups excluding carboxylic acids is 1. The molecule has 166 valence electrons. The summed E-state index contributed by atoms with van der Waals surface area (Å²) in [4.78, 5) is 14.2. The lowest BCUT2D eigenvalue weighted by Crippen LogP contribution is -2.44. The Labute approximate surface area is 179 Å². The van der Waals surface area contributed by atoms with Crippen molar-refractivity contribution in [2.45, 2.75) is 90.8 Å². The van der Waals surface area contributed by atoms with Gasteiger partial charge in [0.2, 0.25) is 5.91 Å². The lowest BCUT2D eigenvalue weighted by atomic mass is 10.2. The van der Waals surface area contributed by atoms with Crippen LogP contribution < -0.4 is 0 Å². The first-order chi connectivity index (χ1) is 13.6. The first-order valence-corrected chi connectivity index (χ1v) is 12.1. The SMILES string of the molecule is CCCCCOC(CN(CC1OCC(CCC)O1)C(=O)CBr)OCCCCC. The van der Waals surface area contributed by atoms with Gasteiger partial charge in [0.25, 0.3) is 0 Å². The molecule has 0 aromatic rings. The lowest BCUT2D eigenvalue weighted by Gasteiger charge is -2.29. The Morgan fingerprint density at radius 1 is 1.07 bits per heavy atom. The third kappa shape index (κ3) is 11.1. The highest BCUT2D eigenvalue weighted by Gasteiger charge is 2.30. The van der Waals surface area contributed by atoms with E-state index in [4.69, 9.17) is 18.9 Å². The first-order valence-electron chi connectivity index (χ1n) is 11.0. The maximum Gasteiger partial charge on any atom is 0.233 e. The molecule has 1 amide bonds. The number of unbranched alkanes of at least 4 members (excludes halogenated alkanes) is 4. The Balaban J connectivity index is 2.57. The normalized spacial score (nSPS) is 19.5. The monoisotopic (exact) mass is 465 g/mol. The molecular formula is C21H40BrNO5. The fraction of sp³-hybridized carbons (Fsp3) is 0.952. The van der Waals surface area contributed by atoms with Gasteiger partial charge < -0.3 is 23.8 Å². The predicted molar refractivity (Wildman–Crippen MR) is 115 cm³/mol. The van der Waals surface area contributed by atoms with Crippen LogP contribution in [0.1, 0.15) is 72.1 Å². The van der Waals surface area contributed by atoms with Crippen LogP contribution in [0, 0.1) is 0 Å². The molecule has 1 heterocycles. The topological polar surface area (TPSA) is 57.2 Å². The smallest absolute Gasteiger partial charge is 0.233 e. The van der Waals surface area contributed by atoms with Crippen molar-refractivity contribution in [1.29, 1.82) is 0 Å². The minimum Gasteiger partial charge on any atom is -0.351 e. The summed E-state index contributed by atoms with van der Waals surface area (Å²) < 4.78 is 23.6. The number of hydrogen-bond donors (Lipinski definition) is 0. The summed E-state index contributed by atoms with van der Waals surface area (Å²) in [5.74, 6) is -0.00884. The van der Waals surface area contributed by atoms with E-state index in [-0.39, 0.29) is 23.6 Å². The van der Waals surface area contributed by atoms with Gasteiger partial charge in [0.05, 0.1) is 31.1 Å². The van der Waals surface area contributed by atoms with Gasteiger partial charge in [-0.05, 0) is 19.3 Å². The molecule has 0 radical (unpaired) electrons. The fourth-order valence-electron chi connectivity index (χ4n) is 3.09. The van der Waals surface area contributed by atoms with E-state index >= 15 is 0 Å². The van der Waals surface area contributed by atoms with Crippen LogP contribution in [0.5, 0.6) is 0 Å². The number of rotatable bonds is 17. The van der Waals surface area contributed by atoms with Crippen LogP contribution in [-0.2, 0) is 23.7 Å². The van der Waals surface area contributed by atoms with Gasteiger partial charge in [0.1, 0.15) is 0 Å². The molecule has 1 saturated heterocycles.